The molecule has 3 aromatic carbocycles. The van der Waals surface area contributed by atoms with E-state index in [1.807, 2.05) is 64.1 Å². The van der Waals surface area contributed by atoms with Gasteiger partial charge >= 0.3 is 6.16 Å². The van der Waals surface area contributed by atoms with E-state index in [4.69, 9.17) is 18.9 Å². The molecule has 0 saturated heterocycles. The van der Waals surface area contributed by atoms with Gasteiger partial charge in [-0.25, -0.2) is 4.79 Å². The first-order chi connectivity index (χ1) is 20.3. The average molecular weight is 591 g/mol. The summed E-state index contributed by atoms with van der Waals surface area (Å²) in [5, 5.41) is 9.78. The lowest BCUT2D eigenvalue weighted by Gasteiger charge is -2.27. The number of carbonyl (C=O) groups is 1. The van der Waals surface area contributed by atoms with Crippen LogP contribution in [0.4, 0.5) is 4.79 Å². The van der Waals surface area contributed by atoms with Crippen LogP contribution < -0.4 is 9.47 Å². The van der Waals surface area contributed by atoms with E-state index in [-0.39, 0.29) is 23.9 Å². The number of phenolic OH excluding ortho intramolecular Hbond substituents is 1. The van der Waals surface area contributed by atoms with Crippen LogP contribution >= 0.6 is 0 Å². The van der Waals surface area contributed by atoms with Crippen molar-refractivity contribution in [3.63, 3.8) is 0 Å². The number of carbonyl (C=O) groups excluding carboxylic acids is 1. The van der Waals surface area contributed by atoms with Gasteiger partial charge in [0.05, 0.1) is 6.61 Å². The van der Waals surface area contributed by atoms with Crippen molar-refractivity contribution in [3.8, 4) is 17.2 Å². The first kappa shape index (κ1) is 34.0. The van der Waals surface area contributed by atoms with Gasteiger partial charge in [0, 0.05) is 0 Å². The van der Waals surface area contributed by atoms with Crippen molar-refractivity contribution in [2.45, 2.75) is 104 Å². The van der Waals surface area contributed by atoms with E-state index in [2.05, 4.69) is 52.0 Å². The highest BCUT2D eigenvalue weighted by Crippen LogP contribution is 2.39. The van der Waals surface area contributed by atoms with E-state index >= 15 is 0 Å². The Morgan fingerprint density at radius 1 is 0.744 bits per heavy atom. The summed E-state index contributed by atoms with van der Waals surface area (Å²) in [6, 6.07) is 23.7. The Labute approximate surface area is 258 Å². The molecular weight excluding hydrogens is 540 g/mol. The van der Waals surface area contributed by atoms with Crippen LogP contribution in [-0.2, 0) is 9.47 Å². The standard InChI is InChI=1S/C37H50O6/c1-9-28(30-12-18-34(19-13-30)41-27(5)40-24-25(2)3)23-32(22-26(4)29-10-16-33(38)17-11-29)31-14-20-35(21-15-31)42-36(39)43-37(6,7)8/h10-21,25-28,32,38H,9,22-24H2,1-8H3. The molecule has 3 rings (SSSR count). The summed E-state index contributed by atoms with van der Waals surface area (Å²) in [4.78, 5) is 12.2. The van der Waals surface area contributed by atoms with Crippen molar-refractivity contribution >= 4 is 6.16 Å². The smallest absolute Gasteiger partial charge is 0.508 e. The number of aromatic hydroxyl groups is 1. The molecule has 0 aliphatic rings. The molecule has 0 radical (unpaired) electrons. The van der Waals surface area contributed by atoms with Gasteiger partial charge in [0.2, 0.25) is 0 Å². The maximum Gasteiger partial charge on any atom is 0.514 e. The van der Waals surface area contributed by atoms with Crippen molar-refractivity contribution < 1.29 is 28.8 Å². The third-order valence-corrected chi connectivity index (χ3v) is 7.42. The Morgan fingerprint density at radius 3 is 1.81 bits per heavy atom. The average Bonchev–Trinajstić information content (AvgIpc) is 2.94. The summed E-state index contributed by atoms with van der Waals surface area (Å²) in [5.41, 5.74) is 3.04. The Kier molecular flexibility index (Phi) is 12.5. The van der Waals surface area contributed by atoms with Crippen molar-refractivity contribution in [1.29, 1.82) is 0 Å². The zero-order chi connectivity index (χ0) is 31.6. The molecule has 3 aromatic rings. The van der Waals surface area contributed by atoms with E-state index < -0.39 is 11.8 Å². The molecule has 0 aliphatic carbocycles. The van der Waals surface area contributed by atoms with Crippen LogP contribution in [0.5, 0.6) is 17.2 Å². The quantitative estimate of drug-likeness (QED) is 0.114. The van der Waals surface area contributed by atoms with Gasteiger partial charge in [-0.2, -0.15) is 0 Å². The van der Waals surface area contributed by atoms with Gasteiger partial charge in [-0.15, -0.1) is 0 Å². The van der Waals surface area contributed by atoms with Gasteiger partial charge in [0.1, 0.15) is 22.8 Å². The highest BCUT2D eigenvalue weighted by atomic mass is 16.7. The molecule has 0 amide bonds. The molecule has 234 valence electrons. The fourth-order valence-electron chi connectivity index (χ4n) is 5.16. The molecule has 4 unspecified atom stereocenters. The van der Waals surface area contributed by atoms with E-state index in [0.717, 1.165) is 25.0 Å². The van der Waals surface area contributed by atoms with Gasteiger partial charge in [0.15, 0.2) is 6.29 Å². The van der Waals surface area contributed by atoms with E-state index in [9.17, 15) is 9.90 Å². The van der Waals surface area contributed by atoms with Crippen molar-refractivity contribution in [2.75, 3.05) is 6.61 Å². The van der Waals surface area contributed by atoms with Gasteiger partial charge in [-0.05, 0) is 124 Å². The molecule has 0 aliphatic heterocycles. The topological polar surface area (TPSA) is 74.2 Å². The largest absolute Gasteiger partial charge is 0.514 e. The monoisotopic (exact) mass is 590 g/mol. The predicted molar refractivity (Wildman–Crippen MR) is 172 cm³/mol. The van der Waals surface area contributed by atoms with Gasteiger partial charge in [-0.3, -0.25) is 0 Å². The first-order valence-electron chi connectivity index (χ1n) is 15.5. The minimum atomic E-state index is -0.711. The van der Waals surface area contributed by atoms with Crippen LogP contribution in [0.15, 0.2) is 72.8 Å². The highest BCUT2D eigenvalue weighted by Gasteiger charge is 2.23. The molecule has 6 nitrogen and oxygen atoms in total. The molecule has 1 N–H and O–H groups in total. The van der Waals surface area contributed by atoms with Crippen molar-refractivity contribution in [1.82, 2.24) is 0 Å². The summed E-state index contributed by atoms with van der Waals surface area (Å²) in [6.45, 7) is 16.7. The molecule has 4 atom stereocenters. The lowest BCUT2D eigenvalue weighted by Crippen LogP contribution is -2.25. The van der Waals surface area contributed by atoms with Crippen LogP contribution in [-0.4, -0.2) is 29.8 Å². The molecule has 0 fully saturated rings. The van der Waals surface area contributed by atoms with E-state index in [1.165, 1.54) is 16.7 Å². The minimum Gasteiger partial charge on any atom is -0.508 e. The van der Waals surface area contributed by atoms with Gasteiger partial charge in [0.25, 0.3) is 0 Å². The van der Waals surface area contributed by atoms with E-state index in [0.29, 0.717) is 24.2 Å². The Morgan fingerprint density at radius 2 is 1.28 bits per heavy atom. The normalized spacial score (nSPS) is 14.5. The minimum absolute atomic E-state index is 0.254. The molecular formula is C37H50O6. The second-order valence-corrected chi connectivity index (χ2v) is 12.9. The number of rotatable bonds is 14. The molecule has 43 heavy (non-hydrogen) atoms. The lowest BCUT2D eigenvalue weighted by atomic mass is 9.78. The maximum absolute atomic E-state index is 12.2. The fraction of sp³-hybridized carbons (Fsp3) is 0.486. The van der Waals surface area contributed by atoms with Crippen LogP contribution in [0.25, 0.3) is 0 Å². The number of ether oxygens (including phenoxy) is 4. The summed E-state index contributed by atoms with van der Waals surface area (Å²) in [7, 11) is 0. The molecule has 0 aromatic heterocycles. The SMILES string of the molecule is CCC(CC(CC(C)c1ccc(O)cc1)c1ccc(OC(=O)OC(C)(C)C)cc1)c1ccc(OC(C)OCC(C)C)cc1. The van der Waals surface area contributed by atoms with Crippen LogP contribution in [0.2, 0.25) is 0 Å². The number of benzene rings is 3. The molecule has 0 heterocycles. The summed E-state index contributed by atoms with van der Waals surface area (Å²) >= 11 is 0. The Bertz CT molecular complexity index is 1240. The molecule has 0 saturated carbocycles. The lowest BCUT2D eigenvalue weighted by molar-refractivity contribution is -0.0756. The summed E-state index contributed by atoms with van der Waals surface area (Å²) in [5.74, 6) is 2.86. The zero-order valence-corrected chi connectivity index (χ0v) is 27.1. The van der Waals surface area contributed by atoms with Crippen LogP contribution in [0.1, 0.15) is 109 Å². The van der Waals surface area contributed by atoms with Crippen LogP contribution in [0.3, 0.4) is 0 Å². The Balaban J connectivity index is 1.78. The fourth-order valence-corrected chi connectivity index (χ4v) is 5.16. The van der Waals surface area contributed by atoms with Crippen molar-refractivity contribution in [3.05, 3.63) is 89.5 Å². The van der Waals surface area contributed by atoms with Crippen LogP contribution in [0, 0.1) is 5.92 Å². The van der Waals surface area contributed by atoms with E-state index in [1.54, 1.807) is 12.1 Å². The maximum atomic E-state index is 12.2. The van der Waals surface area contributed by atoms with Gasteiger partial charge in [-0.1, -0.05) is 64.1 Å². The molecule has 6 heteroatoms. The van der Waals surface area contributed by atoms with Gasteiger partial charge < -0.3 is 24.1 Å². The second-order valence-electron chi connectivity index (χ2n) is 12.9. The Hall–Kier alpha value is -3.51. The number of hydrogen-bond acceptors (Lipinski definition) is 6. The molecule has 0 bridgehead atoms. The zero-order valence-electron chi connectivity index (χ0n) is 27.1. The van der Waals surface area contributed by atoms with Crippen molar-refractivity contribution in [2.24, 2.45) is 5.92 Å². The summed E-state index contributed by atoms with van der Waals surface area (Å²) in [6.07, 6.45) is 1.87. The summed E-state index contributed by atoms with van der Waals surface area (Å²) < 4.78 is 22.5. The highest BCUT2D eigenvalue weighted by molar-refractivity contribution is 5.64. The number of hydrogen-bond donors (Lipinski definition) is 1. The number of phenols is 1. The first-order valence-corrected chi connectivity index (χ1v) is 15.5. The third kappa shape index (κ3) is 11.6. The predicted octanol–water partition coefficient (Wildman–Crippen LogP) is 9.96. The third-order valence-electron chi connectivity index (χ3n) is 7.42. The second kappa shape index (κ2) is 15.8. The molecule has 0 spiro atoms.